The average Bonchev–Trinajstić information content (AvgIpc) is 2.99. The van der Waals surface area contributed by atoms with E-state index in [0.29, 0.717) is 5.76 Å². The predicted molar refractivity (Wildman–Crippen MR) is 85.9 cm³/mol. The van der Waals surface area contributed by atoms with Crippen molar-refractivity contribution >= 4 is 23.1 Å². The van der Waals surface area contributed by atoms with E-state index in [4.69, 9.17) is 15.0 Å². The summed E-state index contributed by atoms with van der Waals surface area (Å²) in [7, 11) is 0. The van der Waals surface area contributed by atoms with Crippen LogP contribution < -0.4 is 10.2 Å². The minimum atomic E-state index is -0.615. The number of rotatable bonds is 8. The smallest absolute Gasteiger partial charge is 0.353 e. The molecule has 0 bridgehead atoms. The van der Waals surface area contributed by atoms with Gasteiger partial charge in [0.2, 0.25) is 11.6 Å². The molecule has 11 nitrogen and oxygen atoms in total. The summed E-state index contributed by atoms with van der Waals surface area (Å²) in [5, 5.41) is 35.6. The molecule has 2 aromatic rings. The topological polar surface area (TPSA) is 158 Å². The lowest BCUT2D eigenvalue weighted by Gasteiger charge is -2.21. The summed E-state index contributed by atoms with van der Waals surface area (Å²) >= 11 is 0. The summed E-state index contributed by atoms with van der Waals surface area (Å²) in [4.78, 5) is 20.4. The van der Waals surface area contributed by atoms with Gasteiger partial charge in [0.25, 0.3) is 0 Å². The minimum Gasteiger partial charge on any atom is -0.360 e. The molecule has 0 atom stereocenters. The maximum atomic E-state index is 11.6. The Morgan fingerprint density at radius 1 is 1.32 bits per heavy atom. The van der Waals surface area contributed by atoms with Crippen LogP contribution in [0.1, 0.15) is 18.6 Å². The molecule has 0 aromatic carbocycles. The molecule has 0 saturated heterocycles. The molecule has 0 saturated carbocycles. The number of nitro groups is 1. The zero-order chi connectivity index (χ0) is 18.2. The Morgan fingerprint density at radius 3 is 2.52 bits per heavy atom. The first-order valence-electron chi connectivity index (χ1n) is 7.25. The van der Waals surface area contributed by atoms with E-state index in [0.717, 1.165) is 0 Å². The molecule has 11 heteroatoms. The Hall–Kier alpha value is -3.73. The molecule has 128 valence electrons. The van der Waals surface area contributed by atoms with E-state index in [1.165, 1.54) is 11.2 Å². The largest absolute Gasteiger partial charge is 0.360 e. The Morgan fingerprint density at radius 2 is 2.00 bits per heavy atom. The van der Waals surface area contributed by atoms with Crippen molar-refractivity contribution in [2.75, 3.05) is 23.3 Å². The summed E-state index contributed by atoms with van der Waals surface area (Å²) in [5.41, 5.74) is -0.362. The first-order valence-corrected chi connectivity index (χ1v) is 7.25. The fourth-order valence-electron chi connectivity index (χ4n) is 2.10. The van der Waals surface area contributed by atoms with Gasteiger partial charge < -0.3 is 14.7 Å². The van der Waals surface area contributed by atoms with Crippen LogP contribution in [0.4, 0.5) is 23.1 Å². The molecule has 0 spiro atoms. The molecule has 0 aliphatic carbocycles. The van der Waals surface area contributed by atoms with Gasteiger partial charge in [-0.25, -0.2) is 9.97 Å². The zero-order valence-corrected chi connectivity index (χ0v) is 13.3. The molecule has 0 aliphatic heterocycles. The van der Waals surface area contributed by atoms with Crippen molar-refractivity contribution in [3.05, 3.63) is 28.3 Å². The fraction of sp³-hybridized carbons (Fsp3) is 0.357. The molecule has 2 rings (SSSR count). The van der Waals surface area contributed by atoms with Crippen molar-refractivity contribution in [1.82, 2.24) is 15.1 Å². The quantitative estimate of drug-likeness (QED) is 0.555. The molecule has 0 aliphatic rings. The summed E-state index contributed by atoms with van der Waals surface area (Å²) in [5.74, 6) is 0.783. The second kappa shape index (κ2) is 8.21. The van der Waals surface area contributed by atoms with E-state index in [2.05, 4.69) is 20.4 Å². The normalized spacial score (nSPS) is 9.88. The van der Waals surface area contributed by atoms with Crippen LogP contribution in [0, 0.1) is 39.7 Å². The van der Waals surface area contributed by atoms with Gasteiger partial charge in [0.05, 0.1) is 29.9 Å². The number of aromatic nitrogens is 3. The van der Waals surface area contributed by atoms with Gasteiger partial charge in [0, 0.05) is 19.2 Å². The maximum Gasteiger partial charge on any atom is 0.353 e. The van der Waals surface area contributed by atoms with Crippen LogP contribution in [0.15, 0.2) is 16.9 Å². The first kappa shape index (κ1) is 17.6. The van der Waals surface area contributed by atoms with Gasteiger partial charge >= 0.3 is 5.69 Å². The van der Waals surface area contributed by atoms with Gasteiger partial charge in [0.15, 0.2) is 5.82 Å². The highest BCUT2D eigenvalue weighted by Crippen LogP contribution is 2.33. The van der Waals surface area contributed by atoms with Crippen LogP contribution in [0.2, 0.25) is 0 Å². The van der Waals surface area contributed by atoms with Crippen LogP contribution in [0.3, 0.4) is 0 Å². The lowest BCUT2D eigenvalue weighted by atomic mass is 10.3. The first-order chi connectivity index (χ1) is 12.1. The summed E-state index contributed by atoms with van der Waals surface area (Å²) < 4.78 is 4.91. The predicted octanol–water partition coefficient (Wildman–Crippen LogP) is 2.06. The molecular formula is C14H14N8O3. The van der Waals surface area contributed by atoms with Crippen molar-refractivity contribution in [2.45, 2.75) is 19.8 Å². The van der Waals surface area contributed by atoms with E-state index in [-0.39, 0.29) is 49.1 Å². The third kappa shape index (κ3) is 4.39. The number of anilines is 3. The molecular weight excluding hydrogens is 328 g/mol. The van der Waals surface area contributed by atoms with Crippen molar-refractivity contribution in [2.24, 2.45) is 0 Å². The van der Waals surface area contributed by atoms with Crippen molar-refractivity contribution in [3.8, 4) is 12.1 Å². The van der Waals surface area contributed by atoms with E-state index in [1.54, 1.807) is 13.0 Å². The number of aryl methyl sites for hydroxylation is 1. The molecule has 0 radical (unpaired) electrons. The SMILES string of the molecule is Cc1cc(Nc2ncnc(N(CCC#N)CCC#N)c2[N+](=O)[O-])no1. The van der Waals surface area contributed by atoms with E-state index in [9.17, 15) is 10.1 Å². The van der Waals surface area contributed by atoms with Crippen LogP contribution in [0.5, 0.6) is 0 Å². The third-order valence-electron chi connectivity index (χ3n) is 3.15. The van der Waals surface area contributed by atoms with Crippen LogP contribution in [-0.2, 0) is 0 Å². The Bertz CT molecular complexity index is 817. The van der Waals surface area contributed by atoms with Crippen LogP contribution in [0.25, 0.3) is 0 Å². The second-order valence-electron chi connectivity index (χ2n) is 4.90. The third-order valence-corrected chi connectivity index (χ3v) is 3.15. The minimum absolute atomic E-state index is 0.0354. The van der Waals surface area contributed by atoms with Crippen molar-refractivity contribution in [1.29, 1.82) is 10.5 Å². The number of nitrogens with zero attached hydrogens (tertiary/aromatic N) is 7. The van der Waals surface area contributed by atoms with E-state index < -0.39 is 4.92 Å². The molecule has 0 fully saturated rings. The number of hydrogen-bond acceptors (Lipinski definition) is 10. The van der Waals surface area contributed by atoms with Gasteiger partial charge in [-0.05, 0) is 6.92 Å². The highest BCUT2D eigenvalue weighted by Gasteiger charge is 2.27. The van der Waals surface area contributed by atoms with Gasteiger partial charge in [-0.3, -0.25) is 10.1 Å². The molecule has 0 amide bonds. The number of hydrogen-bond donors (Lipinski definition) is 1. The Labute approximate surface area is 142 Å². The van der Waals surface area contributed by atoms with Crippen molar-refractivity contribution in [3.63, 3.8) is 0 Å². The number of nitriles is 2. The molecule has 2 aromatic heterocycles. The van der Waals surface area contributed by atoms with Gasteiger partial charge in [-0.15, -0.1) is 0 Å². The van der Waals surface area contributed by atoms with E-state index >= 15 is 0 Å². The Kier molecular flexibility index (Phi) is 5.79. The molecule has 1 N–H and O–H groups in total. The fourth-order valence-corrected chi connectivity index (χ4v) is 2.10. The van der Waals surface area contributed by atoms with E-state index in [1.807, 2.05) is 12.1 Å². The molecule has 0 unspecified atom stereocenters. The Balaban J connectivity index is 2.42. The standard InChI is InChI=1S/C14H14N8O3/c1-10-8-11(20-25-10)19-13-12(22(23)24)14(18-9-17-13)21(6-2-4-15)7-3-5-16/h8-9H,2-3,6-7H2,1H3,(H,17,18,19,20). The molecule has 25 heavy (non-hydrogen) atoms. The average molecular weight is 342 g/mol. The highest BCUT2D eigenvalue weighted by atomic mass is 16.6. The van der Waals surface area contributed by atoms with Gasteiger partial charge in [-0.2, -0.15) is 10.5 Å². The number of nitrogens with one attached hydrogen (secondary N) is 1. The summed E-state index contributed by atoms with van der Waals surface area (Å²) in [6.45, 7) is 2.10. The lowest BCUT2D eigenvalue weighted by Crippen LogP contribution is -2.27. The maximum absolute atomic E-state index is 11.6. The zero-order valence-electron chi connectivity index (χ0n) is 13.3. The van der Waals surface area contributed by atoms with Gasteiger partial charge in [0.1, 0.15) is 12.1 Å². The van der Waals surface area contributed by atoms with Gasteiger partial charge in [-0.1, -0.05) is 5.16 Å². The lowest BCUT2D eigenvalue weighted by molar-refractivity contribution is -0.383. The van der Waals surface area contributed by atoms with Crippen LogP contribution >= 0.6 is 0 Å². The summed E-state index contributed by atoms with van der Waals surface area (Å²) in [6, 6.07) is 5.51. The summed E-state index contributed by atoms with van der Waals surface area (Å²) in [6.07, 6.45) is 1.44. The second-order valence-corrected chi connectivity index (χ2v) is 4.90. The highest BCUT2D eigenvalue weighted by molar-refractivity contribution is 5.73. The van der Waals surface area contributed by atoms with Crippen LogP contribution in [-0.4, -0.2) is 33.1 Å². The monoisotopic (exact) mass is 342 g/mol. The van der Waals surface area contributed by atoms with Crippen molar-refractivity contribution < 1.29 is 9.45 Å². The molecule has 2 heterocycles.